The Morgan fingerprint density at radius 1 is 0.793 bits per heavy atom. The van der Waals surface area contributed by atoms with Crippen LogP contribution in [0.3, 0.4) is 0 Å². The number of aromatic nitrogens is 2. The average Bonchev–Trinajstić information content (AvgIpc) is 2.71. The Balaban J connectivity index is 2.59. The molecule has 1 rings (SSSR count). The van der Waals surface area contributed by atoms with Crippen LogP contribution in [0.25, 0.3) is 0 Å². The molecule has 0 saturated heterocycles. The van der Waals surface area contributed by atoms with Crippen molar-refractivity contribution < 1.29 is 9.84 Å². The standard InChI is InChI=1S/C23H44N4O2/c1-4-6-8-10-11-13-15-25-23-26-20(3)21(14-12-9-7-5-2)22(27-23)24-16-18-29-19-17-28/h28H,4-19H2,1-3H3,(H2,24,25,26,27). The molecule has 0 aliphatic heterocycles. The van der Waals surface area contributed by atoms with Crippen LogP contribution in [0, 0.1) is 6.92 Å². The molecule has 0 amide bonds. The Morgan fingerprint density at radius 2 is 1.48 bits per heavy atom. The smallest absolute Gasteiger partial charge is 0.224 e. The summed E-state index contributed by atoms with van der Waals surface area (Å²) in [5.74, 6) is 1.64. The van der Waals surface area contributed by atoms with E-state index in [2.05, 4.69) is 31.4 Å². The third-order valence-corrected chi connectivity index (χ3v) is 5.08. The minimum atomic E-state index is 0.0573. The predicted octanol–water partition coefficient (Wildman–Crippen LogP) is 5.10. The molecular formula is C23H44N4O2. The lowest BCUT2D eigenvalue weighted by atomic mass is 10.1. The van der Waals surface area contributed by atoms with Gasteiger partial charge in [0.1, 0.15) is 5.82 Å². The molecule has 168 valence electrons. The van der Waals surface area contributed by atoms with Gasteiger partial charge in [0.25, 0.3) is 0 Å². The number of nitrogens with one attached hydrogen (secondary N) is 2. The number of rotatable bonds is 19. The van der Waals surface area contributed by atoms with Gasteiger partial charge in [-0.05, 0) is 26.2 Å². The fraction of sp³-hybridized carbons (Fsp3) is 0.826. The van der Waals surface area contributed by atoms with Gasteiger partial charge in [-0.1, -0.05) is 65.2 Å². The molecule has 1 aromatic heterocycles. The van der Waals surface area contributed by atoms with Crippen molar-refractivity contribution in [3.63, 3.8) is 0 Å². The second-order valence-corrected chi connectivity index (χ2v) is 7.73. The van der Waals surface area contributed by atoms with Crippen molar-refractivity contribution in [3.8, 4) is 0 Å². The van der Waals surface area contributed by atoms with Gasteiger partial charge in [-0.3, -0.25) is 0 Å². The molecule has 0 bridgehead atoms. The van der Waals surface area contributed by atoms with Crippen LogP contribution in [-0.4, -0.2) is 48.0 Å². The largest absolute Gasteiger partial charge is 0.394 e. The van der Waals surface area contributed by atoms with Crippen LogP contribution in [0.5, 0.6) is 0 Å². The van der Waals surface area contributed by atoms with Gasteiger partial charge in [0, 0.05) is 24.3 Å². The number of aliphatic hydroxyl groups excluding tert-OH is 1. The molecule has 0 unspecified atom stereocenters. The highest BCUT2D eigenvalue weighted by atomic mass is 16.5. The lowest BCUT2D eigenvalue weighted by molar-refractivity contribution is 0.0992. The summed E-state index contributed by atoms with van der Waals surface area (Å²) in [6, 6.07) is 0. The molecule has 0 fully saturated rings. The van der Waals surface area contributed by atoms with Crippen LogP contribution < -0.4 is 10.6 Å². The monoisotopic (exact) mass is 408 g/mol. The first kappa shape index (κ1) is 25.6. The minimum Gasteiger partial charge on any atom is -0.394 e. The van der Waals surface area contributed by atoms with Crippen LogP contribution in [0.15, 0.2) is 0 Å². The zero-order valence-corrected chi connectivity index (χ0v) is 19.1. The summed E-state index contributed by atoms with van der Waals surface area (Å²) in [5.41, 5.74) is 2.27. The van der Waals surface area contributed by atoms with Gasteiger partial charge in [-0.15, -0.1) is 0 Å². The molecule has 0 aliphatic carbocycles. The third kappa shape index (κ3) is 12.0. The molecule has 0 spiro atoms. The van der Waals surface area contributed by atoms with Crippen molar-refractivity contribution in [1.29, 1.82) is 0 Å². The maximum absolute atomic E-state index is 8.83. The summed E-state index contributed by atoms with van der Waals surface area (Å²) in [7, 11) is 0. The number of ether oxygens (including phenoxy) is 1. The summed E-state index contributed by atoms with van der Waals surface area (Å²) in [4.78, 5) is 9.47. The predicted molar refractivity (Wildman–Crippen MR) is 123 cm³/mol. The zero-order valence-electron chi connectivity index (χ0n) is 19.1. The van der Waals surface area contributed by atoms with Crippen molar-refractivity contribution in [1.82, 2.24) is 9.97 Å². The fourth-order valence-corrected chi connectivity index (χ4v) is 3.36. The topological polar surface area (TPSA) is 79.3 Å². The molecule has 1 aromatic rings. The Morgan fingerprint density at radius 3 is 2.21 bits per heavy atom. The molecule has 6 heteroatoms. The van der Waals surface area contributed by atoms with E-state index in [-0.39, 0.29) is 6.61 Å². The van der Waals surface area contributed by atoms with Crippen LogP contribution in [0.2, 0.25) is 0 Å². The summed E-state index contributed by atoms with van der Waals surface area (Å²) in [6.45, 7) is 9.15. The van der Waals surface area contributed by atoms with E-state index < -0.39 is 0 Å². The van der Waals surface area contributed by atoms with Gasteiger partial charge in [0.2, 0.25) is 5.95 Å². The summed E-state index contributed by atoms with van der Waals surface area (Å²) in [5, 5.41) is 15.7. The number of nitrogens with zero attached hydrogens (tertiary/aromatic N) is 2. The van der Waals surface area contributed by atoms with Crippen LogP contribution >= 0.6 is 0 Å². The van der Waals surface area contributed by atoms with Crippen molar-refractivity contribution in [2.45, 2.75) is 91.4 Å². The van der Waals surface area contributed by atoms with Crippen LogP contribution in [0.1, 0.15) is 89.3 Å². The molecule has 0 atom stereocenters. The summed E-state index contributed by atoms with van der Waals surface area (Å²) < 4.78 is 5.37. The molecular weight excluding hydrogens is 364 g/mol. The molecule has 29 heavy (non-hydrogen) atoms. The number of anilines is 2. The highest BCUT2D eigenvalue weighted by molar-refractivity contribution is 5.50. The maximum atomic E-state index is 8.83. The molecule has 3 N–H and O–H groups in total. The van der Waals surface area contributed by atoms with Gasteiger partial charge >= 0.3 is 0 Å². The lowest BCUT2D eigenvalue weighted by Crippen LogP contribution is -2.16. The third-order valence-electron chi connectivity index (χ3n) is 5.08. The quantitative estimate of drug-likeness (QED) is 0.276. The Kier molecular flexibility index (Phi) is 15.4. The molecule has 1 heterocycles. The molecule has 0 aromatic carbocycles. The van der Waals surface area contributed by atoms with E-state index in [1.807, 2.05) is 0 Å². The zero-order chi connectivity index (χ0) is 21.2. The second kappa shape index (κ2) is 17.5. The maximum Gasteiger partial charge on any atom is 0.224 e. The van der Waals surface area contributed by atoms with Gasteiger partial charge < -0.3 is 20.5 Å². The highest BCUT2D eigenvalue weighted by Gasteiger charge is 2.11. The molecule has 0 aliphatic rings. The molecule has 0 radical (unpaired) electrons. The number of hydrogen-bond donors (Lipinski definition) is 3. The second-order valence-electron chi connectivity index (χ2n) is 7.73. The van der Waals surface area contributed by atoms with E-state index in [4.69, 9.17) is 19.8 Å². The Labute approximate surface area is 178 Å². The van der Waals surface area contributed by atoms with Crippen LogP contribution in [-0.2, 0) is 11.2 Å². The van der Waals surface area contributed by atoms with Crippen molar-refractivity contribution in [3.05, 3.63) is 11.3 Å². The van der Waals surface area contributed by atoms with E-state index >= 15 is 0 Å². The molecule has 0 saturated carbocycles. The van der Waals surface area contributed by atoms with Crippen molar-refractivity contribution in [2.75, 3.05) is 43.5 Å². The first-order valence-corrected chi connectivity index (χ1v) is 11.8. The number of aliphatic hydroxyl groups is 1. The fourth-order valence-electron chi connectivity index (χ4n) is 3.36. The number of hydrogen-bond acceptors (Lipinski definition) is 6. The summed E-state index contributed by atoms with van der Waals surface area (Å²) in [6.07, 6.45) is 13.6. The van der Waals surface area contributed by atoms with E-state index in [9.17, 15) is 0 Å². The van der Waals surface area contributed by atoms with Gasteiger partial charge in [-0.2, -0.15) is 4.98 Å². The van der Waals surface area contributed by atoms with Gasteiger partial charge in [-0.25, -0.2) is 4.98 Å². The Bertz CT molecular complexity index is 526. The minimum absolute atomic E-state index is 0.0573. The SMILES string of the molecule is CCCCCCCCNc1nc(C)c(CCCCCC)c(NCCOCCO)n1. The van der Waals surface area contributed by atoms with Crippen molar-refractivity contribution in [2.24, 2.45) is 0 Å². The van der Waals surface area contributed by atoms with Crippen LogP contribution in [0.4, 0.5) is 11.8 Å². The number of aryl methyl sites for hydroxylation is 1. The van der Waals surface area contributed by atoms with Gasteiger partial charge in [0.05, 0.1) is 19.8 Å². The Hall–Kier alpha value is -1.40. The summed E-state index contributed by atoms with van der Waals surface area (Å²) >= 11 is 0. The lowest BCUT2D eigenvalue weighted by Gasteiger charge is -2.16. The molecule has 6 nitrogen and oxygen atoms in total. The van der Waals surface area contributed by atoms with Gasteiger partial charge in [0.15, 0.2) is 0 Å². The normalized spacial score (nSPS) is 11.0. The van der Waals surface area contributed by atoms with E-state index in [1.165, 1.54) is 56.9 Å². The number of unbranched alkanes of at least 4 members (excludes halogenated alkanes) is 8. The average molecular weight is 409 g/mol. The first-order chi connectivity index (χ1) is 14.2. The van der Waals surface area contributed by atoms with E-state index in [1.54, 1.807) is 0 Å². The first-order valence-electron chi connectivity index (χ1n) is 11.8. The highest BCUT2D eigenvalue weighted by Crippen LogP contribution is 2.21. The van der Waals surface area contributed by atoms with Crippen molar-refractivity contribution >= 4 is 11.8 Å². The van der Waals surface area contributed by atoms with E-state index in [0.717, 1.165) is 37.3 Å². The van der Waals surface area contributed by atoms with E-state index in [0.29, 0.717) is 25.7 Å².